The third-order valence-corrected chi connectivity index (χ3v) is 3.93. The molecule has 0 spiro atoms. The van der Waals surface area contributed by atoms with Crippen LogP contribution < -0.4 is 0 Å². The van der Waals surface area contributed by atoms with E-state index in [1.807, 2.05) is 0 Å². The second-order valence-corrected chi connectivity index (χ2v) is 5.37. The normalized spacial score (nSPS) is 30.7. The van der Waals surface area contributed by atoms with Crippen LogP contribution in [0.3, 0.4) is 0 Å². The summed E-state index contributed by atoms with van der Waals surface area (Å²) in [4.78, 5) is 0. The molecule has 1 fully saturated rings. The van der Waals surface area contributed by atoms with E-state index in [2.05, 4.69) is 12.8 Å². The van der Waals surface area contributed by atoms with Crippen molar-refractivity contribution in [1.82, 2.24) is 0 Å². The van der Waals surface area contributed by atoms with Crippen molar-refractivity contribution < 1.29 is 5.11 Å². The summed E-state index contributed by atoms with van der Waals surface area (Å²) in [6.07, 6.45) is 16.2. The molecular weight excluding hydrogens is 196 g/mol. The molecule has 1 saturated carbocycles. The molecule has 1 rings (SSSR count). The van der Waals surface area contributed by atoms with Gasteiger partial charge in [-0.3, -0.25) is 0 Å². The van der Waals surface area contributed by atoms with Crippen molar-refractivity contribution in [3.8, 4) is 12.3 Å². The monoisotopic (exact) mass is 222 g/mol. The summed E-state index contributed by atoms with van der Waals surface area (Å²) < 4.78 is 0. The number of aliphatic hydroxyl groups is 1. The Kier molecular flexibility index (Phi) is 5.91. The van der Waals surface area contributed by atoms with Crippen LogP contribution in [0.2, 0.25) is 0 Å². The highest BCUT2D eigenvalue weighted by Gasteiger charge is 2.29. The predicted molar refractivity (Wildman–Crippen MR) is 69.1 cm³/mol. The van der Waals surface area contributed by atoms with Crippen LogP contribution in [-0.2, 0) is 0 Å². The highest BCUT2D eigenvalue weighted by molar-refractivity contribution is 4.87. The second kappa shape index (κ2) is 6.97. The van der Waals surface area contributed by atoms with E-state index < -0.39 is 5.60 Å². The van der Waals surface area contributed by atoms with Gasteiger partial charge in [0.2, 0.25) is 0 Å². The number of hydrogen-bond acceptors (Lipinski definition) is 1. The molecule has 0 radical (unpaired) electrons. The van der Waals surface area contributed by atoms with E-state index in [0.29, 0.717) is 0 Å². The Morgan fingerprint density at radius 2 is 2.19 bits per heavy atom. The minimum Gasteiger partial charge on any atom is -0.390 e. The molecule has 0 bridgehead atoms. The summed E-state index contributed by atoms with van der Waals surface area (Å²) in [5.74, 6) is 3.51. The van der Waals surface area contributed by atoms with E-state index in [4.69, 9.17) is 6.42 Å². The fraction of sp³-hybridized carbons (Fsp3) is 0.867. The van der Waals surface area contributed by atoms with Gasteiger partial charge in [-0.1, -0.05) is 32.6 Å². The smallest absolute Gasteiger partial charge is 0.0648 e. The lowest BCUT2D eigenvalue weighted by Gasteiger charge is -2.26. The third-order valence-electron chi connectivity index (χ3n) is 3.93. The van der Waals surface area contributed by atoms with E-state index in [-0.39, 0.29) is 0 Å². The molecule has 1 N–H and O–H groups in total. The molecule has 0 heterocycles. The number of rotatable bonds is 5. The maximum Gasteiger partial charge on any atom is 0.0648 e. The molecule has 0 saturated heterocycles. The molecule has 0 amide bonds. The van der Waals surface area contributed by atoms with Crippen LogP contribution in [-0.4, -0.2) is 10.7 Å². The first-order chi connectivity index (χ1) is 7.70. The molecule has 2 unspecified atom stereocenters. The Balaban J connectivity index is 2.35. The van der Waals surface area contributed by atoms with Crippen molar-refractivity contribution in [2.45, 2.75) is 76.7 Å². The van der Waals surface area contributed by atoms with Gasteiger partial charge < -0.3 is 5.11 Å². The minimum atomic E-state index is -0.403. The van der Waals surface area contributed by atoms with Gasteiger partial charge >= 0.3 is 0 Å². The summed E-state index contributed by atoms with van der Waals surface area (Å²) in [7, 11) is 0. The molecule has 1 aliphatic carbocycles. The van der Waals surface area contributed by atoms with Gasteiger partial charge in [0, 0.05) is 6.42 Å². The molecule has 1 heteroatoms. The van der Waals surface area contributed by atoms with Crippen LogP contribution in [0, 0.1) is 18.3 Å². The van der Waals surface area contributed by atoms with Gasteiger partial charge in [-0.25, -0.2) is 0 Å². The Bertz CT molecular complexity index is 228. The van der Waals surface area contributed by atoms with E-state index in [0.717, 1.165) is 38.0 Å². The average molecular weight is 222 g/mol. The van der Waals surface area contributed by atoms with Gasteiger partial charge in [-0.2, -0.15) is 0 Å². The van der Waals surface area contributed by atoms with Crippen LogP contribution in [0.25, 0.3) is 0 Å². The second-order valence-electron chi connectivity index (χ2n) is 5.37. The molecule has 1 nitrogen and oxygen atoms in total. The summed E-state index contributed by atoms with van der Waals surface area (Å²) >= 11 is 0. The SMILES string of the molecule is C#CCCCC1(O)CCCC(CCC)CC1. The van der Waals surface area contributed by atoms with Crippen LogP contribution >= 0.6 is 0 Å². The fourth-order valence-electron chi connectivity index (χ4n) is 2.93. The summed E-state index contributed by atoms with van der Waals surface area (Å²) in [5, 5.41) is 10.5. The van der Waals surface area contributed by atoms with Gasteiger partial charge in [0.05, 0.1) is 5.60 Å². The predicted octanol–water partition coefficient (Wildman–Crippen LogP) is 3.90. The van der Waals surface area contributed by atoms with E-state index in [1.54, 1.807) is 0 Å². The Labute approximate surface area is 101 Å². The maximum absolute atomic E-state index is 10.5. The molecule has 16 heavy (non-hydrogen) atoms. The Morgan fingerprint density at radius 1 is 1.38 bits per heavy atom. The molecule has 0 aromatic carbocycles. The Morgan fingerprint density at radius 3 is 2.88 bits per heavy atom. The molecular formula is C15H26O. The molecule has 0 aliphatic heterocycles. The Hall–Kier alpha value is -0.480. The van der Waals surface area contributed by atoms with Gasteiger partial charge in [0.15, 0.2) is 0 Å². The largest absolute Gasteiger partial charge is 0.390 e. The molecule has 2 atom stereocenters. The van der Waals surface area contributed by atoms with Crippen LogP contribution in [0.15, 0.2) is 0 Å². The zero-order valence-electron chi connectivity index (χ0n) is 10.7. The van der Waals surface area contributed by atoms with Gasteiger partial charge in [-0.15, -0.1) is 12.3 Å². The summed E-state index contributed by atoms with van der Waals surface area (Å²) in [5.41, 5.74) is -0.403. The van der Waals surface area contributed by atoms with Gasteiger partial charge in [-0.05, 0) is 38.0 Å². The van der Waals surface area contributed by atoms with Crippen molar-refractivity contribution >= 4 is 0 Å². The standard InChI is InChI=1S/C15H26O/c1-3-5-6-11-15(16)12-7-9-14(8-4-2)10-13-15/h1,14,16H,4-13H2,2H3. The molecule has 0 aromatic heterocycles. The van der Waals surface area contributed by atoms with E-state index >= 15 is 0 Å². The van der Waals surface area contributed by atoms with Gasteiger partial charge in [0.1, 0.15) is 0 Å². The first kappa shape index (κ1) is 13.6. The lowest BCUT2D eigenvalue weighted by Crippen LogP contribution is -2.27. The lowest BCUT2D eigenvalue weighted by atomic mass is 9.88. The highest BCUT2D eigenvalue weighted by Crippen LogP contribution is 2.35. The average Bonchev–Trinajstić information content (AvgIpc) is 2.43. The van der Waals surface area contributed by atoms with Crippen molar-refractivity contribution in [3.63, 3.8) is 0 Å². The minimum absolute atomic E-state index is 0.403. The van der Waals surface area contributed by atoms with E-state index in [9.17, 15) is 5.11 Å². The van der Waals surface area contributed by atoms with Crippen LogP contribution in [0.5, 0.6) is 0 Å². The van der Waals surface area contributed by atoms with Gasteiger partial charge in [0.25, 0.3) is 0 Å². The molecule has 1 aliphatic rings. The molecule has 0 aromatic rings. The van der Waals surface area contributed by atoms with E-state index in [1.165, 1.54) is 32.1 Å². The van der Waals surface area contributed by atoms with Crippen LogP contribution in [0.1, 0.15) is 71.1 Å². The summed E-state index contributed by atoms with van der Waals surface area (Å²) in [6.45, 7) is 2.25. The van der Waals surface area contributed by atoms with Crippen LogP contribution in [0.4, 0.5) is 0 Å². The third kappa shape index (κ3) is 4.58. The quantitative estimate of drug-likeness (QED) is 0.425. The number of hydrogen-bond donors (Lipinski definition) is 1. The lowest BCUT2D eigenvalue weighted by molar-refractivity contribution is 0.0139. The van der Waals surface area contributed by atoms with Crippen molar-refractivity contribution in [3.05, 3.63) is 0 Å². The first-order valence-electron chi connectivity index (χ1n) is 6.86. The highest BCUT2D eigenvalue weighted by atomic mass is 16.3. The fourth-order valence-corrected chi connectivity index (χ4v) is 2.93. The maximum atomic E-state index is 10.5. The number of unbranched alkanes of at least 4 members (excludes halogenated alkanes) is 1. The zero-order chi connectivity index (χ0) is 11.9. The van der Waals surface area contributed by atoms with Crippen molar-refractivity contribution in [2.24, 2.45) is 5.92 Å². The first-order valence-corrected chi connectivity index (χ1v) is 6.86. The molecule has 92 valence electrons. The summed E-state index contributed by atoms with van der Waals surface area (Å²) in [6, 6.07) is 0. The topological polar surface area (TPSA) is 20.2 Å². The number of terminal acetylenes is 1. The zero-order valence-corrected chi connectivity index (χ0v) is 10.7. The van der Waals surface area contributed by atoms with Crippen molar-refractivity contribution in [2.75, 3.05) is 0 Å². The van der Waals surface area contributed by atoms with Crippen molar-refractivity contribution in [1.29, 1.82) is 0 Å².